The van der Waals surface area contributed by atoms with Gasteiger partial charge >= 0.3 is 5.97 Å². The van der Waals surface area contributed by atoms with Crippen LogP contribution in [0.3, 0.4) is 0 Å². The Labute approximate surface area is 176 Å². The van der Waals surface area contributed by atoms with Crippen molar-refractivity contribution >= 4 is 29.2 Å². The number of carbonyl (C=O) groups is 2. The minimum Gasteiger partial charge on any atom is -0.497 e. The van der Waals surface area contributed by atoms with Gasteiger partial charge in [-0.2, -0.15) is 0 Å². The van der Waals surface area contributed by atoms with Crippen molar-refractivity contribution in [2.75, 3.05) is 19.0 Å². The lowest BCUT2D eigenvalue weighted by atomic mass is 10.0. The highest BCUT2D eigenvalue weighted by Gasteiger charge is 2.16. The van der Waals surface area contributed by atoms with E-state index in [-0.39, 0.29) is 6.61 Å². The first-order valence-electron chi connectivity index (χ1n) is 9.50. The van der Waals surface area contributed by atoms with Gasteiger partial charge < -0.3 is 14.8 Å². The van der Waals surface area contributed by atoms with Crippen LogP contribution in [-0.2, 0) is 14.3 Å². The number of benzene rings is 3. The van der Waals surface area contributed by atoms with E-state index in [9.17, 15) is 9.59 Å². The van der Waals surface area contributed by atoms with Crippen molar-refractivity contribution < 1.29 is 19.1 Å². The largest absolute Gasteiger partial charge is 0.497 e. The first-order chi connectivity index (χ1) is 14.5. The molecule has 0 aliphatic carbocycles. The van der Waals surface area contributed by atoms with E-state index in [1.807, 2.05) is 79.7 Å². The van der Waals surface area contributed by atoms with Crippen LogP contribution in [-0.4, -0.2) is 25.6 Å². The van der Waals surface area contributed by atoms with Gasteiger partial charge in [-0.05, 0) is 54.0 Å². The van der Waals surface area contributed by atoms with Gasteiger partial charge in [0.05, 0.1) is 12.7 Å². The highest BCUT2D eigenvalue weighted by Crippen LogP contribution is 2.22. The second kappa shape index (κ2) is 10.1. The molecule has 0 saturated carbocycles. The van der Waals surface area contributed by atoms with Gasteiger partial charge in [0.15, 0.2) is 6.61 Å². The minimum atomic E-state index is -0.580. The molecule has 0 aliphatic heterocycles. The summed E-state index contributed by atoms with van der Waals surface area (Å²) in [5, 5.41) is 2.73. The maximum absolute atomic E-state index is 12.8. The van der Waals surface area contributed by atoms with Gasteiger partial charge in [0.1, 0.15) is 5.75 Å². The van der Waals surface area contributed by atoms with Crippen LogP contribution in [0.25, 0.3) is 11.6 Å². The average molecular weight is 401 g/mol. The Hall–Kier alpha value is -3.86. The number of hydrogen-bond acceptors (Lipinski definition) is 4. The molecule has 5 heteroatoms. The summed E-state index contributed by atoms with van der Waals surface area (Å²) in [6.07, 6.45) is 1.72. The van der Waals surface area contributed by atoms with E-state index in [0.717, 1.165) is 11.1 Å². The van der Waals surface area contributed by atoms with Crippen molar-refractivity contribution in [3.8, 4) is 5.75 Å². The molecule has 0 saturated heterocycles. The van der Waals surface area contributed by atoms with Crippen molar-refractivity contribution in [1.82, 2.24) is 0 Å². The number of rotatable bonds is 7. The summed E-state index contributed by atoms with van der Waals surface area (Å²) in [6.45, 7) is 1.56. The number of esters is 1. The molecule has 1 amide bonds. The number of carbonyl (C=O) groups excluding carboxylic acids is 2. The average Bonchev–Trinajstić information content (AvgIpc) is 2.76. The maximum Gasteiger partial charge on any atom is 0.339 e. The summed E-state index contributed by atoms with van der Waals surface area (Å²) in [5.74, 6) is -0.298. The summed E-state index contributed by atoms with van der Waals surface area (Å²) < 4.78 is 10.5. The topological polar surface area (TPSA) is 64.6 Å². The Kier molecular flexibility index (Phi) is 7.00. The van der Waals surface area contributed by atoms with E-state index in [2.05, 4.69) is 5.32 Å². The van der Waals surface area contributed by atoms with E-state index in [1.165, 1.54) is 0 Å². The van der Waals surface area contributed by atoms with Gasteiger partial charge in [-0.25, -0.2) is 4.79 Å². The van der Waals surface area contributed by atoms with Crippen LogP contribution >= 0.6 is 0 Å². The van der Waals surface area contributed by atoms with E-state index in [0.29, 0.717) is 22.6 Å². The first kappa shape index (κ1) is 20.9. The monoisotopic (exact) mass is 401 g/mol. The number of methoxy groups -OCH3 is 1. The molecule has 0 heterocycles. The molecule has 5 nitrogen and oxygen atoms in total. The zero-order valence-electron chi connectivity index (χ0n) is 16.9. The number of ether oxygens (including phenoxy) is 2. The highest BCUT2D eigenvalue weighted by atomic mass is 16.5. The van der Waals surface area contributed by atoms with Gasteiger partial charge in [0, 0.05) is 5.69 Å². The summed E-state index contributed by atoms with van der Waals surface area (Å²) in [6, 6.07) is 24.0. The zero-order valence-corrected chi connectivity index (χ0v) is 16.9. The van der Waals surface area contributed by atoms with Crippen LogP contribution in [0.1, 0.15) is 16.7 Å². The molecule has 3 rings (SSSR count). The molecule has 0 fully saturated rings. The summed E-state index contributed by atoms with van der Waals surface area (Å²) in [4.78, 5) is 25.0. The molecular weight excluding hydrogens is 378 g/mol. The molecule has 0 atom stereocenters. The van der Waals surface area contributed by atoms with Crippen molar-refractivity contribution in [2.45, 2.75) is 6.92 Å². The van der Waals surface area contributed by atoms with Crippen molar-refractivity contribution in [3.05, 3.63) is 95.6 Å². The Morgan fingerprint density at radius 1 is 0.933 bits per heavy atom. The van der Waals surface area contributed by atoms with Gasteiger partial charge in [0.25, 0.3) is 5.91 Å². The summed E-state index contributed by atoms with van der Waals surface area (Å²) in [7, 11) is 1.59. The van der Waals surface area contributed by atoms with Gasteiger partial charge in [-0.15, -0.1) is 0 Å². The second-order valence-electron chi connectivity index (χ2n) is 6.69. The molecule has 0 spiro atoms. The smallest absolute Gasteiger partial charge is 0.339 e. The lowest BCUT2D eigenvalue weighted by molar-refractivity contribution is -0.141. The Morgan fingerprint density at radius 3 is 2.43 bits per heavy atom. The standard InChI is InChI=1S/C25H23NO4/c1-18-8-6-12-21(14-18)26-24(27)17-30-25(28)23(20-10-4-3-5-11-20)16-19-9-7-13-22(15-19)29-2/h3-16H,17H2,1-2H3,(H,26,27)/b23-16+. The maximum atomic E-state index is 12.8. The van der Waals surface area contributed by atoms with Gasteiger partial charge in [-0.1, -0.05) is 54.6 Å². The Bertz CT molecular complexity index is 1060. The van der Waals surface area contributed by atoms with Crippen LogP contribution in [0.5, 0.6) is 5.75 Å². The SMILES string of the molecule is COc1cccc(/C=C(/C(=O)OCC(=O)Nc2cccc(C)c2)c2ccccc2)c1. The number of aryl methyl sites for hydroxylation is 1. The molecular formula is C25H23NO4. The molecule has 152 valence electrons. The summed E-state index contributed by atoms with van der Waals surface area (Å²) >= 11 is 0. The fraction of sp³-hybridized carbons (Fsp3) is 0.120. The van der Waals surface area contributed by atoms with Crippen LogP contribution in [0.2, 0.25) is 0 Å². The minimum absolute atomic E-state index is 0.354. The third kappa shape index (κ3) is 5.82. The molecule has 0 bridgehead atoms. The molecule has 30 heavy (non-hydrogen) atoms. The lowest BCUT2D eigenvalue weighted by Crippen LogP contribution is -2.21. The fourth-order valence-electron chi connectivity index (χ4n) is 2.90. The number of nitrogens with one attached hydrogen (secondary N) is 1. The third-order valence-electron chi connectivity index (χ3n) is 4.35. The third-order valence-corrected chi connectivity index (χ3v) is 4.35. The van der Waals surface area contributed by atoms with E-state index in [1.54, 1.807) is 19.3 Å². The quantitative estimate of drug-likeness (QED) is 0.353. The van der Waals surface area contributed by atoms with Crippen molar-refractivity contribution in [2.24, 2.45) is 0 Å². The molecule has 0 aromatic heterocycles. The Balaban J connectivity index is 1.75. The van der Waals surface area contributed by atoms with Crippen LogP contribution in [0.4, 0.5) is 5.69 Å². The van der Waals surface area contributed by atoms with Crippen LogP contribution < -0.4 is 10.1 Å². The molecule has 3 aromatic rings. The molecule has 0 radical (unpaired) electrons. The normalized spacial score (nSPS) is 10.9. The first-order valence-corrected chi connectivity index (χ1v) is 9.50. The lowest BCUT2D eigenvalue weighted by Gasteiger charge is -2.10. The van der Waals surface area contributed by atoms with Gasteiger partial charge in [0.2, 0.25) is 0 Å². The summed E-state index contributed by atoms with van der Waals surface area (Å²) in [5.41, 5.74) is 3.52. The van der Waals surface area contributed by atoms with Crippen LogP contribution in [0, 0.1) is 6.92 Å². The second-order valence-corrected chi connectivity index (χ2v) is 6.69. The number of amides is 1. The Morgan fingerprint density at radius 2 is 1.70 bits per heavy atom. The van der Waals surface area contributed by atoms with E-state index < -0.39 is 11.9 Å². The number of hydrogen-bond donors (Lipinski definition) is 1. The van der Waals surface area contributed by atoms with Crippen molar-refractivity contribution in [3.63, 3.8) is 0 Å². The zero-order chi connectivity index (χ0) is 21.3. The number of anilines is 1. The molecule has 3 aromatic carbocycles. The van der Waals surface area contributed by atoms with E-state index in [4.69, 9.17) is 9.47 Å². The highest BCUT2D eigenvalue weighted by molar-refractivity contribution is 6.22. The van der Waals surface area contributed by atoms with Crippen molar-refractivity contribution in [1.29, 1.82) is 0 Å². The fourth-order valence-corrected chi connectivity index (χ4v) is 2.90. The molecule has 1 N–H and O–H groups in total. The molecule has 0 aliphatic rings. The predicted molar refractivity (Wildman–Crippen MR) is 118 cm³/mol. The van der Waals surface area contributed by atoms with Gasteiger partial charge in [-0.3, -0.25) is 4.79 Å². The van der Waals surface area contributed by atoms with Crippen LogP contribution in [0.15, 0.2) is 78.9 Å². The van der Waals surface area contributed by atoms with E-state index >= 15 is 0 Å². The molecule has 0 unspecified atom stereocenters. The predicted octanol–water partition coefficient (Wildman–Crippen LogP) is 4.73.